The van der Waals surface area contributed by atoms with E-state index < -0.39 is 0 Å². The molecule has 0 bridgehead atoms. The van der Waals surface area contributed by atoms with Crippen molar-refractivity contribution in [2.75, 3.05) is 74.0 Å². The number of unbranched alkanes of at least 4 members (excludes halogenated alkanes) is 2. The third kappa shape index (κ3) is 14.4. The fraction of sp³-hybridized carbons (Fsp3) is 0.532. The van der Waals surface area contributed by atoms with Crippen molar-refractivity contribution in [3.63, 3.8) is 0 Å². The van der Waals surface area contributed by atoms with E-state index in [1.54, 1.807) is 9.80 Å². The van der Waals surface area contributed by atoms with Gasteiger partial charge in [-0.1, -0.05) is 67.9 Å². The second kappa shape index (κ2) is 23.0. The molecule has 1 saturated heterocycles. The number of ether oxygens (including phenoxy) is 1. The molecule has 10 nitrogen and oxygen atoms in total. The largest absolute Gasteiger partial charge is 0.462 e. The molecule has 4 rings (SSSR count). The van der Waals surface area contributed by atoms with E-state index in [1.807, 2.05) is 81.5 Å². The molecule has 0 aromatic heterocycles. The van der Waals surface area contributed by atoms with Crippen molar-refractivity contribution in [3.8, 4) is 11.1 Å². The van der Waals surface area contributed by atoms with E-state index in [4.69, 9.17) is 4.74 Å². The maximum absolute atomic E-state index is 13.2. The van der Waals surface area contributed by atoms with Crippen LogP contribution in [0.1, 0.15) is 90.9 Å². The highest BCUT2D eigenvalue weighted by molar-refractivity contribution is 5.94. The maximum atomic E-state index is 13.2. The SMILES string of the molecule is CCC(=O)N(C)CCCN(C)C(=O)c1cc(C)c(CN(C)CCCCCC(=O)N(C)CCN2CCC(OC(=O)Cc3ccccc3-c3ccccc3)CC2)c(C)c1. The van der Waals surface area contributed by atoms with Crippen molar-refractivity contribution in [1.29, 1.82) is 0 Å². The van der Waals surface area contributed by atoms with Crippen LogP contribution in [0.4, 0.5) is 0 Å². The minimum atomic E-state index is -0.179. The summed E-state index contributed by atoms with van der Waals surface area (Å²) in [4.78, 5) is 60.8. The van der Waals surface area contributed by atoms with Gasteiger partial charge in [-0.25, -0.2) is 0 Å². The average Bonchev–Trinajstić information content (AvgIpc) is 3.21. The van der Waals surface area contributed by atoms with Gasteiger partial charge < -0.3 is 29.2 Å². The lowest BCUT2D eigenvalue weighted by Gasteiger charge is -2.32. The van der Waals surface area contributed by atoms with E-state index in [2.05, 4.69) is 48.9 Å². The Bertz CT molecular complexity index is 1730. The van der Waals surface area contributed by atoms with Crippen LogP contribution in [0.25, 0.3) is 11.1 Å². The summed E-state index contributed by atoms with van der Waals surface area (Å²) in [7, 11) is 7.66. The number of nitrogens with zero attached hydrogens (tertiary/aromatic N) is 5. The zero-order valence-corrected chi connectivity index (χ0v) is 35.7. The number of rotatable bonds is 21. The number of aryl methyl sites for hydroxylation is 2. The summed E-state index contributed by atoms with van der Waals surface area (Å²) in [5.41, 5.74) is 7.32. The number of likely N-dealkylation sites (N-methyl/N-ethyl adjacent to an activating group) is 1. The minimum absolute atomic E-state index is 0.00297. The molecule has 0 saturated carbocycles. The minimum Gasteiger partial charge on any atom is -0.462 e. The molecule has 0 radical (unpaired) electrons. The number of piperidine rings is 1. The first-order chi connectivity index (χ1) is 27.4. The first kappa shape index (κ1) is 45.2. The topological polar surface area (TPSA) is 93.7 Å². The first-order valence-electron chi connectivity index (χ1n) is 20.9. The van der Waals surface area contributed by atoms with Crippen LogP contribution in [0.2, 0.25) is 0 Å². The number of carbonyl (C=O) groups excluding carboxylic acids is 4. The Morgan fingerprint density at radius 3 is 2.04 bits per heavy atom. The fourth-order valence-corrected chi connectivity index (χ4v) is 7.63. The summed E-state index contributed by atoms with van der Waals surface area (Å²) >= 11 is 0. The maximum Gasteiger partial charge on any atom is 0.310 e. The van der Waals surface area contributed by atoms with Gasteiger partial charge in [0, 0.05) is 85.4 Å². The van der Waals surface area contributed by atoms with Crippen molar-refractivity contribution in [2.45, 2.75) is 91.2 Å². The van der Waals surface area contributed by atoms with E-state index in [0.717, 1.165) is 99.1 Å². The molecule has 0 aliphatic carbocycles. The number of benzene rings is 3. The zero-order chi connectivity index (χ0) is 41.3. The summed E-state index contributed by atoms with van der Waals surface area (Å²) in [5, 5.41) is 0. The summed E-state index contributed by atoms with van der Waals surface area (Å²) in [6.07, 6.45) is 6.48. The highest BCUT2D eigenvalue weighted by Gasteiger charge is 2.24. The van der Waals surface area contributed by atoms with E-state index in [1.165, 1.54) is 5.56 Å². The Morgan fingerprint density at radius 1 is 0.719 bits per heavy atom. The predicted octanol–water partition coefficient (Wildman–Crippen LogP) is 7.00. The van der Waals surface area contributed by atoms with Gasteiger partial charge in [0.1, 0.15) is 6.10 Å². The molecule has 1 aliphatic heterocycles. The third-order valence-corrected chi connectivity index (χ3v) is 11.3. The highest BCUT2D eigenvalue weighted by atomic mass is 16.5. The molecule has 0 spiro atoms. The quantitative estimate of drug-likeness (QED) is 0.0849. The predicted molar refractivity (Wildman–Crippen MR) is 229 cm³/mol. The van der Waals surface area contributed by atoms with Crippen molar-refractivity contribution < 1.29 is 23.9 Å². The molecule has 10 heteroatoms. The Morgan fingerprint density at radius 2 is 1.35 bits per heavy atom. The molecular weight excluding hydrogens is 715 g/mol. The van der Waals surface area contributed by atoms with Gasteiger partial charge in [0.25, 0.3) is 5.91 Å². The molecule has 3 aromatic rings. The van der Waals surface area contributed by atoms with Gasteiger partial charge in [0.15, 0.2) is 0 Å². The molecule has 310 valence electrons. The molecule has 1 aliphatic rings. The monoisotopic (exact) mass is 782 g/mol. The van der Waals surface area contributed by atoms with Crippen LogP contribution in [0, 0.1) is 13.8 Å². The van der Waals surface area contributed by atoms with Crippen LogP contribution in [-0.4, -0.2) is 128 Å². The molecule has 1 fully saturated rings. The summed E-state index contributed by atoms with van der Waals surface area (Å²) < 4.78 is 5.90. The van der Waals surface area contributed by atoms with Crippen LogP contribution in [-0.2, 0) is 32.1 Å². The van der Waals surface area contributed by atoms with Gasteiger partial charge in [0.2, 0.25) is 11.8 Å². The van der Waals surface area contributed by atoms with Crippen LogP contribution >= 0.6 is 0 Å². The van der Waals surface area contributed by atoms with Gasteiger partial charge in [-0.3, -0.25) is 19.2 Å². The van der Waals surface area contributed by atoms with Crippen molar-refractivity contribution in [1.82, 2.24) is 24.5 Å². The number of likely N-dealkylation sites (tertiary alicyclic amines) is 1. The summed E-state index contributed by atoms with van der Waals surface area (Å²) in [6.45, 7) is 12.2. The number of carbonyl (C=O) groups is 4. The fourth-order valence-electron chi connectivity index (χ4n) is 7.63. The average molecular weight is 782 g/mol. The molecule has 57 heavy (non-hydrogen) atoms. The van der Waals surface area contributed by atoms with Crippen LogP contribution in [0.5, 0.6) is 0 Å². The summed E-state index contributed by atoms with van der Waals surface area (Å²) in [6, 6.07) is 22.2. The number of hydrogen-bond acceptors (Lipinski definition) is 7. The van der Waals surface area contributed by atoms with Crippen LogP contribution in [0.3, 0.4) is 0 Å². The highest BCUT2D eigenvalue weighted by Crippen LogP contribution is 2.25. The lowest BCUT2D eigenvalue weighted by Crippen LogP contribution is -2.42. The van der Waals surface area contributed by atoms with Crippen molar-refractivity contribution in [3.05, 3.63) is 94.5 Å². The lowest BCUT2D eigenvalue weighted by molar-refractivity contribution is -0.150. The number of esters is 1. The normalized spacial score (nSPS) is 13.4. The Labute approximate surface area is 342 Å². The molecule has 1 heterocycles. The molecule has 0 atom stereocenters. The van der Waals surface area contributed by atoms with Gasteiger partial charge in [-0.05, 0) is 105 Å². The first-order valence-corrected chi connectivity index (χ1v) is 20.9. The number of hydrogen-bond donors (Lipinski definition) is 0. The second-order valence-electron chi connectivity index (χ2n) is 15.9. The second-order valence-corrected chi connectivity index (χ2v) is 15.9. The van der Waals surface area contributed by atoms with Crippen molar-refractivity contribution >= 4 is 23.7 Å². The Balaban J connectivity index is 1.08. The van der Waals surface area contributed by atoms with Crippen LogP contribution in [0.15, 0.2) is 66.7 Å². The van der Waals surface area contributed by atoms with E-state index in [9.17, 15) is 19.2 Å². The van der Waals surface area contributed by atoms with E-state index in [0.29, 0.717) is 38.0 Å². The van der Waals surface area contributed by atoms with Gasteiger partial charge >= 0.3 is 5.97 Å². The Kier molecular flexibility index (Phi) is 18.2. The van der Waals surface area contributed by atoms with E-state index >= 15 is 0 Å². The molecular formula is C47H67N5O5. The molecule has 0 unspecified atom stereocenters. The van der Waals surface area contributed by atoms with Crippen molar-refractivity contribution in [2.24, 2.45) is 0 Å². The Hall–Kier alpha value is -4.54. The van der Waals surface area contributed by atoms with Gasteiger partial charge in [0.05, 0.1) is 6.42 Å². The van der Waals surface area contributed by atoms with Gasteiger partial charge in [-0.2, -0.15) is 0 Å². The standard InChI is InChI=1S/C47H67N5O5/c1-8-44(53)49(5)26-17-27-51(7)47(56)40-32-36(2)43(37(3)33-40)35-48(4)25-16-10-13-22-45(54)50(6)30-31-52-28-23-41(24-29-52)57-46(55)34-39-20-14-15-21-42(39)38-18-11-9-12-19-38/h9,11-12,14-15,18-21,32-33,41H,8,10,13,16-17,22-31,34-35H2,1-7H3. The summed E-state index contributed by atoms with van der Waals surface area (Å²) in [5.74, 6) is 0.129. The molecule has 3 aromatic carbocycles. The zero-order valence-electron chi connectivity index (χ0n) is 35.7. The van der Waals surface area contributed by atoms with Crippen LogP contribution < -0.4 is 0 Å². The molecule has 0 N–H and O–H groups in total. The molecule has 3 amide bonds. The number of amides is 3. The van der Waals surface area contributed by atoms with E-state index in [-0.39, 0.29) is 36.2 Å². The third-order valence-electron chi connectivity index (χ3n) is 11.3. The van der Waals surface area contributed by atoms with Gasteiger partial charge in [-0.15, -0.1) is 0 Å². The lowest BCUT2D eigenvalue weighted by atomic mass is 9.98. The smallest absolute Gasteiger partial charge is 0.310 e.